The topological polar surface area (TPSA) is 49.3 Å². The highest BCUT2D eigenvalue weighted by Gasteiger charge is 2.41. The van der Waals surface area contributed by atoms with Gasteiger partial charge in [0.05, 0.1) is 0 Å². The SMILES string of the molecule is CCCNC1(C(=O)O)CCCC(C)(C)CC1. The first-order valence-corrected chi connectivity index (χ1v) is 6.40. The largest absolute Gasteiger partial charge is 0.480 e. The van der Waals surface area contributed by atoms with E-state index in [4.69, 9.17) is 0 Å². The Bertz CT molecular complexity index is 250. The fraction of sp³-hybridized carbons (Fsp3) is 0.923. The molecular weight excluding hydrogens is 202 g/mol. The van der Waals surface area contributed by atoms with Gasteiger partial charge >= 0.3 is 5.97 Å². The molecule has 94 valence electrons. The van der Waals surface area contributed by atoms with E-state index in [1.807, 2.05) is 0 Å². The Kier molecular flexibility index (Phi) is 4.36. The predicted octanol–water partition coefficient (Wildman–Crippen LogP) is 2.80. The Morgan fingerprint density at radius 2 is 1.94 bits per heavy atom. The summed E-state index contributed by atoms with van der Waals surface area (Å²) in [5.41, 5.74) is -0.366. The summed E-state index contributed by atoms with van der Waals surface area (Å²) in [6.45, 7) is 7.35. The van der Waals surface area contributed by atoms with Crippen molar-refractivity contribution in [3.8, 4) is 0 Å². The van der Waals surface area contributed by atoms with Crippen LogP contribution in [0.25, 0.3) is 0 Å². The monoisotopic (exact) mass is 227 g/mol. The molecule has 0 aliphatic heterocycles. The Balaban J connectivity index is 2.74. The van der Waals surface area contributed by atoms with E-state index in [1.54, 1.807) is 0 Å². The summed E-state index contributed by atoms with van der Waals surface area (Å²) < 4.78 is 0. The van der Waals surface area contributed by atoms with Gasteiger partial charge in [-0.2, -0.15) is 0 Å². The minimum atomic E-state index is -0.668. The summed E-state index contributed by atoms with van der Waals surface area (Å²) in [5.74, 6) is -0.668. The summed E-state index contributed by atoms with van der Waals surface area (Å²) in [7, 11) is 0. The maximum atomic E-state index is 11.5. The van der Waals surface area contributed by atoms with Crippen molar-refractivity contribution in [3.63, 3.8) is 0 Å². The second-order valence-electron chi connectivity index (χ2n) is 5.83. The van der Waals surface area contributed by atoms with Gasteiger partial charge in [0.1, 0.15) is 5.54 Å². The van der Waals surface area contributed by atoms with E-state index in [0.717, 1.165) is 45.1 Å². The zero-order chi connectivity index (χ0) is 12.2. The van der Waals surface area contributed by atoms with Crippen molar-refractivity contribution in [2.75, 3.05) is 6.54 Å². The van der Waals surface area contributed by atoms with Crippen molar-refractivity contribution in [3.05, 3.63) is 0 Å². The quantitative estimate of drug-likeness (QED) is 0.726. The van der Waals surface area contributed by atoms with E-state index in [2.05, 4.69) is 26.1 Å². The van der Waals surface area contributed by atoms with Gasteiger partial charge in [-0.15, -0.1) is 0 Å². The molecule has 0 aromatic heterocycles. The lowest BCUT2D eigenvalue weighted by atomic mass is 9.83. The second kappa shape index (κ2) is 5.17. The summed E-state index contributed by atoms with van der Waals surface area (Å²) in [4.78, 5) is 11.5. The molecule has 3 nitrogen and oxygen atoms in total. The first-order chi connectivity index (χ1) is 7.42. The van der Waals surface area contributed by atoms with Crippen LogP contribution in [0, 0.1) is 5.41 Å². The number of hydrogen-bond acceptors (Lipinski definition) is 2. The smallest absolute Gasteiger partial charge is 0.323 e. The van der Waals surface area contributed by atoms with Crippen LogP contribution in [0.4, 0.5) is 0 Å². The molecule has 0 amide bonds. The van der Waals surface area contributed by atoms with Crippen LogP contribution in [0.1, 0.15) is 59.3 Å². The van der Waals surface area contributed by atoms with Crippen molar-refractivity contribution in [1.82, 2.24) is 5.32 Å². The first-order valence-electron chi connectivity index (χ1n) is 6.40. The second-order valence-corrected chi connectivity index (χ2v) is 5.83. The summed E-state index contributed by atoms with van der Waals surface area (Å²) in [6.07, 6.45) is 5.65. The zero-order valence-electron chi connectivity index (χ0n) is 10.8. The van der Waals surface area contributed by atoms with Crippen LogP contribution in [-0.2, 0) is 4.79 Å². The summed E-state index contributed by atoms with van der Waals surface area (Å²) in [6, 6.07) is 0. The molecule has 0 saturated heterocycles. The van der Waals surface area contributed by atoms with Crippen LogP contribution >= 0.6 is 0 Å². The van der Waals surface area contributed by atoms with Crippen molar-refractivity contribution in [2.45, 2.75) is 64.8 Å². The van der Waals surface area contributed by atoms with Crippen molar-refractivity contribution in [2.24, 2.45) is 5.41 Å². The molecule has 1 unspecified atom stereocenters. The summed E-state index contributed by atoms with van der Waals surface area (Å²) in [5, 5.41) is 12.7. The minimum absolute atomic E-state index is 0.297. The van der Waals surface area contributed by atoms with Gasteiger partial charge in [-0.1, -0.05) is 27.2 Å². The van der Waals surface area contributed by atoms with E-state index < -0.39 is 11.5 Å². The highest BCUT2D eigenvalue weighted by Crippen LogP contribution is 2.38. The molecule has 0 radical (unpaired) electrons. The Labute approximate surface area is 98.6 Å². The third-order valence-electron chi connectivity index (χ3n) is 3.81. The highest BCUT2D eigenvalue weighted by atomic mass is 16.4. The lowest BCUT2D eigenvalue weighted by Crippen LogP contribution is -2.52. The van der Waals surface area contributed by atoms with Gasteiger partial charge in [-0.25, -0.2) is 0 Å². The molecule has 0 bridgehead atoms. The van der Waals surface area contributed by atoms with Crippen LogP contribution < -0.4 is 5.32 Å². The van der Waals surface area contributed by atoms with Crippen LogP contribution in [0.2, 0.25) is 0 Å². The Morgan fingerprint density at radius 1 is 1.25 bits per heavy atom. The molecule has 3 heteroatoms. The van der Waals surface area contributed by atoms with E-state index in [-0.39, 0.29) is 0 Å². The van der Waals surface area contributed by atoms with Crippen molar-refractivity contribution < 1.29 is 9.90 Å². The molecule has 2 N–H and O–H groups in total. The van der Waals surface area contributed by atoms with Gasteiger partial charge in [0.25, 0.3) is 0 Å². The van der Waals surface area contributed by atoms with Gasteiger partial charge in [0, 0.05) is 0 Å². The minimum Gasteiger partial charge on any atom is -0.480 e. The number of carboxylic acids is 1. The predicted molar refractivity (Wildman–Crippen MR) is 65.5 cm³/mol. The molecule has 1 saturated carbocycles. The average Bonchev–Trinajstić information content (AvgIpc) is 2.35. The molecule has 1 fully saturated rings. The summed E-state index contributed by atoms with van der Waals surface area (Å²) >= 11 is 0. The molecule has 0 aromatic rings. The standard InChI is InChI=1S/C13H25NO2/c1-4-10-14-13(11(15)16)7-5-6-12(2,3)8-9-13/h14H,4-10H2,1-3H3,(H,15,16). The molecule has 16 heavy (non-hydrogen) atoms. The lowest BCUT2D eigenvalue weighted by molar-refractivity contribution is -0.145. The number of nitrogens with one attached hydrogen (secondary N) is 1. The van der Waals surface area contributed by atoms with Crippen LogP contribution in [-0.4, -0.2) is 23.2 Å². The van der Waals surface area contributed by atoms with E-state index in [9.17, 15) is 9.90 Å². The van der Waals surface area contributed by atoms with Gasteiger partial charge in [-0.3, -0.25) is 4.79 Å². The van der Waals surface area contributed by atoms with Crippen LogP contribution in [0.15, 0.2) is 0 Å². The van der Waals surface area contributed by atoms with Crippen LogP contribution in [0.5, 0.6) is 0 Å². The fourth-order valence-electron chi connectivity index (χ4n) is 2.50. The van der Waals surface area contributed by atoms with Crippen LogP contribution in [0.3, 0.4) is 0 Å². The normalized spacial score (nSPS) is 29.7. The van der Waals surface area contributed by atoms with Crippen molar-refractivity contribution >= 4 is 5.97 Å². The number of carbonyl (C=O) groups is 1. The molecular formula is C13H25NO2. The Hall–Kier alpha value is -0.570. The Morgan fingerprint density at radius 3 is 2.50 bits per heavy atom. The lowest BCUT2D eigenvalue weighted by Gasteiger charge is -2.30. The number of rotatable bonds is 4. The zero-order valence-corrected chi connectivity index (χ0v) is 10.8. The van der Waals surface area contributed by atoms with Gasteiger partial charge in [0.15, 0.2) is 0 Å². The molecule has 1 atom stereocenters. The number of carboxylic acid groups (broad SMARTS) is 1. The van der Waals surface area contributed by atoms with Gasteiger partial charge in [0.2, 0.25) is 0 Å². The highest BCUT2D eigenvalue weighted by molar-refractivity contribution is 5.78. The fourth-order valence-corrected chi connectivity index (χ4v) is 2.50. The third kappa shape index (κ3) is 3.21. The van der Waals surface area contributed by atoms with Gasteiger partial charge in [-0.05, 0) is 44.1 Å². The van der Waals surface area contributed by atoms with E-state index >= 15 is 0 Å². The maximum Gasteiger partial charge on any atom is 0.323 e. The number of aliphatic carboxylic acids is 1. The molecule has 0 spiro atoms. The van der Waals surface area contributed by atoms with E-state index in [0.29, 0.717) is 5.41 Å². The molecule has 1 aliphatic rings. The van der Waals surface area contributed by atoms with Gasteiger partial charge < -0.3 is 10.4 Å². The number of hydrogen-bond donors (Lipinski definition) is 2. The van der Waals surface area contributed by atoms with E-state index in [1.165, 1.54) is 0 Å². The average molecular weight is 227 g/mol. The molecule has 0 heterocycles. The third-order valence-corrected chi connectivity index (χ3v) is 3.81. The first kappa shape index (κ1) is 13.5. The maximum absolute atomic E-state index is 11.5. The van der Waals surface area contributed by atoms with Crippen molar-refractivity contribution in [1.29, 1.82) is 0 Å². The molecule has 1 aliphatic carbocycles. The molecule has 1 rings (SSSR count). The molecule has 0 aromatic carbocycles.